The maximum Gasteiger partial charge on any atom is 0.241 e. The fourth-order valence-corrected chi connectivity index (χ4v) is 4.42. The van der Waals surface area contributed by atoms with E-state index in [1.807, 2.05) is 0 Å². The van der Waals surface area contributed by atoms with Gasteiger partial charge in [0, 0.05) is 11.6 Å². The van der Waals surface area contributed by atoms with Gasteiger partial charge in [-0.25, -0.2) is 12.8 Å². The molecular weight excluding hydrogens is 363 g/mol. The first-order chi connectivity index (χ1) is 12.3. The molecule has 8 nitrogen and oxygen atoms in total. The van der Waals surface area contributed by atoms with Gasteiger partial charge in [0.05, 0.1) is 24.6 Å². The highest BCUT2D eigenvalue weighted by molar-refractivity contribution is 7.91. The Labute approximate surface area is 150 Å². The van der Waals surface area contributed by atoms with Crippen molar-refractivity contribution >= 4 is 15.7 Å². The fourth-order valence-electron chi connectivity index (χ4n) is 2.75. The Kier molecular flexibility index (Phi) is 5.33. The highest BCUT2D eigenvalue weighted by Crippen LogP contribution is 2.16. The molecule has 1 atom stereocenters. The zero-order valence-corrected chi connectivity index (χ0v) is 15.0. The van der Waals surface area contributed by atoms with Crippen LogP contribution in [-0.4, -0.2) is 60.5 Å². The average molecular weight is 382 g/mol. The number of nitrogens with one attached hydrogen (secondary N) is 1. The molecule has 1 aliphatic heterocycles. The van der Waals surface area contributed by atoms with Crippen molar-refractivity contribution in [3.8, 4) is 11.4 Å². The molecule has 0 aliphatic carbocycles. The van der Waals surface area contributed by atoms with Crippen LogP contribution < -0.4 is 5.32 Å². The van der Waals surface area contributed by atoms with Gasteiger partial charge in [0.25, 0.3) is 0 Å². The molecule has 1 N–H and O–H groups in total. The van der Waals surface area contributed by atoms with E-state index in [0.29, 0.717) is 23.7 Å². The van der Waals surface area contributed by atoms with E-state index in [9.17, 15) is 17.6 Å². The minimum atomic E-state index is -3.03. The van der Waals surface area contributed by atoms with Crippen molar-refractivity contribution < 1.29 is 22.1 Å². The zero-order chi connectivity index (χ0) is 18.7. The first-order valence-corrected chi connectivity index (χ1v) is 9.90. The molecule has 2 heterocycles. The maximum atomic E-state index is 12.9. The van der Waals surface area contributed by atoms with Crippen molar-refractivity contribution in [2.75, 3.05) is 25.1 Å². The van der Waals surface area contributed by atoms with Crippen molar-refractivity contribution in [2.45, 2.75) is 19.0 Å². The number of carbonyl (C=O) groups is 1. The predicted molar refractivity (Wildman–Crippen MR) is 91.2 cm³/mol. The van der Waals surface area contributed by atoms with Crippen molar-refractivity contribution in [1.82, 2.24) is 20.4 Å². The number of amides is 1. The van der Waals surface area contributed by atoms with Gasteiger partial charge in [0.1, 0.15) is 5.82 Å². The highest BCUT2D eigenvalue weighted by Gasteiger charge is 2.29. The van der Waals surface area contributed by atoms with Crippen molar-refractivity contribution in [2.24, 2.45) is 0 Å². The van der Waals surface area contributed by atoms with Gasteiger partial charge >= 0.3 is 0 Å². The molecule has 1 aromatic heterocycles. The summed E-state index contributed by atoms with van der Waals surface area (Å²) in [7, 11) is -1.31. The minimum absolute atomic E-state index is 0.00680. The predicted octanol–water partition coefficient (Wildman–Crippen LogP) is 0.611. The Morgan fingerprint density at radius 3 is 2.77 bits per heavy atom. The van der Waals surface area contributed by atoms with E-state index in [-0.39, 0.29) is 42.4 Å². The molecule has 1 saturated heterocycles. The molecule has 1 unspecified atom stereocenters. The lowest BCUT2D eigenvalue weighted by molar-refractivity contribution is -0.122. The molecule has 0 bridgehead atoms. The van der Waals surface area contributed by atoms with E-state index in [1.165, 1.54) is 12.1 Å². The van der Waals surface area contributed by atoms with Crippen molar-refractivity contribution in [3.05, 3.63) is 36.0 Å². The average Bonchev–Trinajstić information content (AvgIpc) is 3.14. The van der Waals surface area contributed by atoms with E-state index < -0.39 is 9.84 Å². The van der Waals surface area contributed by atoms with Crippen LogP contribution in [0.25, 0.3) is 11.4 Å². The normalized spacial score (nSPS) is 19.0. The fraction of sp³-hybridized carbons (Fsp3) is 0.438. The second-order valence-corrected chi connectivity index (χ2v) is 8.59. The largest absolute Gasteiger partial charge is 0.351 e. The van der Waals surface area contributed by atoms with Gasteiger partial charge in [-0.1, -0.05) is 5.16 Å². The van der Waals surface area contributed by atoms with Crippen LogP contribution >= 0.6 is 0 Å². The van der Waals surface area contributed by atoms with Crippen LogP contribution in [0.1, 0.15) is 12.3 Å². The lowest BCUT2D eigenvalue weighted by Gasteiger charge is -2.16. The van der Waals surface area contributed by atoms with Crippen LogP contribution in [0.2, 0.25) is 0 Å². The maximum absolute atomic E-state index is 12.9. The molecule has 2 aromatic rings. The molecule has 0 saturated carbocycles. The molecule has 26 heavy (non-hydrogen) atoms. The molecule has 0 radical (unpaired) electrons. The minimum Gasteiger partial charge on any atom is -0.351 e. The number of aromatic nitrogens is 2. The third-order valence-corrected chi connectivity index (χ3v) is 5.75. The standard InChI is InChI=1S/C16H19FN4O4S/c1-21(8-14(22)18-13-6-7-26(23,24)10-13)9-15-19-16(20-25-15)11-2-4-12(17)5-3-11/h2-5,13H,6-10H2,1H3,(H,18,22). The summed E-state index contributed by atoms with van der Waals surface area (Å²) >= 11 is 0. The lowest BCUT2D eigenvalue weighted by atomic mass is 10.2. The molecule has 0 spiro atoms. The summed E-state index contributed by atoms with van der Waals surface area (Å²) in [5.74, 6) is 0.165. The third-order valence-electron chi connectivity index (χ3n) is 3.99. The molecule has 1 fully saturated rings. The van der Waals surface area contributed by atoms with Gasteiger partial charge in [-0.2, -0.15) is 4.98 Å². The Balaban J connectivity index is 1.51. The summed E-state index contributed by atoms with van der Waals surface area (Å²) in [5, 5.41) is 6.57. The van der Waals surface area contributed by atoms with Crippen LogP contribution in [0.15, 0.2) is 28.8 Å². The van der Waals surface area contributed by atoms with Gasteiger partial charge in [-0.3, -0.25) is 9.69 Å². The monoisotopic (exact) mass is 382 g/mol. The van der Waals surface area contributed by atoms with Gasteiger partial charge in [-0.15, -0.1) is 0 Å². The van der Waals surface area contributed by atoms with E-state index in [1.54, 1.807) is 24.1 Å². The number of rotatable bonds is 6. The van der Waals surface area contributed by atoms with Gasteiger partial charge < -0.3 is 9.84 Å². The summed E-state index contributed by atoms with van der Waals surface area (Å²) in [4.78, 5) is 17.9. The van der Waals surface area contributed by atoms with E-state index in [0.717, 1.165) is 0 Å². The number of sulfone groups is 1. The van der Waals surface area contributed by atoms with Crippen molar-refractivity contribution in [3.63, 3.8) is 0 Å². The van der Waals surface area contributed by atoms with Crippen LogP contribution in [0.3, 0.4) is 0 Å². The van der Waals surface area contributed by atoms with Crippen LogP contribution in [0.5, 0.6) is 0 Å². The molecule has 1 aliphatic rings. The molecule has 1 aromatic carbocycles. The Hall–Kier alpha value is -2.33. The Morgan fingerprint density at radius 2 is 2.12 bits per heavy atom. The van der Waals surface area contributed by atoms with Gasteiger partial charge in [0.15, 0.2) is 9.84 Å². The smallest absolute Gasteiger partial charge is 0.241 e. The van der Waals surface area contributed by atoms with E-state index >= 15 is 0 Å². The highest BCUT2D eigenvalue weighted by atomic mass is 32.2. The number of hydrogen-bond acceptors (Lipinski definition) is 7. The summed E-state index contributed by atoms with van der Waals surface area (Å²) in [6, 6.07) is 5.40. The van der Waals surface area contributed by atoms with Gasteiger partial charge in [-0.05, 0) is 37.7 Å². The van der Waals surface area contributed by atoms with E-state index in [4.69, 9.17) is 4.52 Å². The second-order valence-electron chi connectivity index (χ2n) is 6.36. The molecule has 10 heteroatoms. The van der Waals surface area contributed by atoms with Crippen LogP contribution in [0.4, 0.5) is 4.39 Å². The zero-order valence-electron chi connectivity index (χ0n) is 14.2. The summed E-state index contributed by atoms with van der Waals surface area (Å²) in [6.45, 7) is 0.329. The first-order valence-electron chi connectivity index (χ1n) is 8.07. The first kappa shape index (κ1) is 18.5. The third kappa shape index (κ3) is 4.85. The summed E-state index contributed by atoms with van der Waals surface area (Å²) < 4.78 is 40.9. The number of benzene rings is 1. The molecule has 1 amide bonds. The summed E-state index contributed by atoms with van der Waals surface area (Å²) in [5.41, 5.74) is 0.629. The molecule has 140 valence electrons. The molecular formula is C16H19FN4O4S. The second kappa shape index (κ2) is 7.50. The van der Waals surface area contributed by atoms with Gasteiger partial charge in [0.2, 0.25) is 17.6 Å². The van der Waals surface area contributed by atoms with Crippen LogP contribution in [0, 0.1) is 5.82 Å². The Bertz CT molecular complexity index is 882. The SMILES string of the molecule is CN(CC(=O)NC1CCS(=O)(=O)C1)Cc1nc(-c2ccc(F)cc2)no1. The topological polar surface area (TPSA) is 105 Å². The quantitative estimate of drug-likeness (QED) is 0.780. The number of likely N-dealkylation sites (N-methyl/N-ethyl adjacent to an activating group) is 1. The number of halogens is 1. The number of hydrogen-bond donors (Lipinski definition) is 1. The van der Waals surface area contributed by atoms with Crippen LogP contribution in [-0.2, 0) is 21.2 Å². The molecule has 3 rings (SSSR count). The van der Waals surface area contributed by atoms with E-state index in [2.05, 4.69) is 15.5 Å². The van der Waals surface area contributed by atoms with Crippen molar-refractivity contribution in [1.29, 1.82) is 0 Å². The number of nitrogens with zero attached hydrogens (tertiary/aromatic N) is 3. The summed E-state index contributed by atoms with van der Waals surface area (Å²) in [6.07, 6.45) is 0.447. The Morgan fingerprint density at radius 1 is 1.38 bits per heavy atom. The number of carbonyl (C=O) groups excluding carboxylic acids is 1. The lowest BCUT2D eigenvalue weighted by Crippen LogP contribution is -2.41.